The quantitative estimate of drug-likeness (QED) is 0.489. The standard InChI is InChI=1S/C22H36O4Si/c1-15-9-10-17-21(5,6)18(15)19(26-27(7,8)20(2,3)4)16(23)11-12-22(17)24-13-14-25-22/h11-12,17,19H,9-10,13-14H2,1-8H3/b12-11-/t17?,19-/m1/s1. The summed E-state index contributed by atoms with van der Waals surface area (Å²) in [6, 6.07) is 0. The summed E-state index contributed by atoms with van der Waals surface area (Å²) in [6.07, 6.45) is 4.97. The lowest BCUT2D eigenvalue weighted by atomic mass is 9.60. The molecular weight excluding hydrogens is 356 g/mol. The Labute approximate surface area is 165 Å². The molecule has 1 heterocycles. The van der Waals surface area contributed by atoms with E-state index < -0.39 is 20.2 Å². The monoisotopic (exact) mass is 392 g/mol. The Bertz CT molecular complexity index is 675. The minimum Gasteiger partial charge on any atom is -0.403 e. The minimum absolute atomic E-state index is 0.0149. The van der Waals surface area contributed by atoms with Gasteiger partial charge in [-0.1, -0.05) is 40.2 Å². The molecule has 152 valence electrons. The van der Waals surface area contributed by atoms with Gasteiger partial charge in [-0.2, -0.15) is 0 Å². The van der Waals surface area contributed by atoms with Crippen LogP contribution in [0.15, 0.2) is 23.3 Å². The number of allylic oxidation sites excluding steroid dienone is 1. The highest BCUT2D eigenvalue weighted by molar-refractivity contribution is 6.74. The van der Waals surface area contributed by atoms with Crippen LogP contribution in [0.1, 0.15) is 54.4 Å². The summed E-state index contributed by atoms with van der Waals surface area (Å²) in [7, 11) is -2.11. The normalized spacial score (nSPS) is 31.8. The van der Waals surface area contributed by atoms with E-state index in [0.717, 1.165) is 18.4 Å². The highest BCUT2D eigenvalue weighted by Gasteiger charge is 2.56. The molecule has 3 aliphatic rings. The van der Waals surface area contributed by atoms with Crippen LogP contribution in [-0.4, -0.2) is 39.2 Å². The second kappa shape index (κ2) is 6.65. The van der Waals surface area contributed by atoms with E-state index in [0.29, 0.717) is 13.2 Å². The SMILES string of the molecule is CC1=C2[C@H](O[Si](C)(C)C(C)(C)C)C(=O)/C=C\C3(OCCO3)C(CC1)C2(C)C. The smallest absolute Gasteiger partial charge is 0.193 e. The van der Waals surface area contributed by atoms with Gasteiger partial charge in [0.15, 0.2) is 19.9 Å². The average molecular weight is 393 g/mol. The Balaban J connectivity index is 2.12. The van der Waals surface area contributed by atoms with Gasteiger partial charge in [-0.25, -0.2) is 0 Å². The molecule has 0 amide bonds. The molecule has 0 aromatic carbocycles. The lowest BCUT2D eigenvalue weighted by molar-refractivity contribution is -0.185. The van der Waals surface area contributed by atoms with Crippen molar-refractivity contribution in [3.63, 3.8) is 0 Å². The molecule has 5 heteroatoms. The Morgan fingerprint density at radius 2 is 1.78 bits per heavy atom. The molecule has 2 atom stereocenters. The number of carbonyl (C=O) groups excluding carboxylic acids is 1. The van der Waals surface area contributed by atoms with Crippen molar-refractivity contribution in [2.75, 3.05) is 13.2 Å². The molecule has 0 aromatic rings. The van der Waals surface area contributed by atoms with Crippen molar-refractivity contribution in [2.45, 2.75) is 84.4 Å². The molecule has 1 spiro atoms. The van der Waals surface area contributed by atoms with Crippen LogP contribution in [0.25, 0.3) is 0 Å². The summed E-state index contributed by atoms with van der Waals surface area (Å²) in [5.74, 6) is -0.602. The zero-order valence-corrected chi connectivity index (χ0v) is 19.3. The highest BCUT2D eigenvalue weighted by atomic mass is 28.4. The molecule has 3 rings (SSSR count). The zero-order chi connectivity index (χ0) is 20.3. The van der Waals surface area contributed by atoms with Crippen LogP contribution < -0.4 is 0 Å². The van der Waals surface area contributed by atoms with Gasteiger partial charge in [0.1, 0.15) is 6.10 Å². The first-order chi connectivity index (χ1) is 12.3. The Kier molecular flexibility index (Phi) is 5.16. The van der Waals surface area contributed by atoms with Gasteiger partial charge in [0.05, 0.1) is 13.2 Å². The zero-order valence-electron chi connectivity index (χ0n) is 18.3. The van der Waals surface area contributed by atoms with Gasteiger partial charge in [0.25, 0.3) is 0 Å². The average Bonchev–Trinajstić information content (AvgIpc) is 2.98. The van der Waals surface area contributed by atoms with E-state index in [4.69, 9.17) is 13.9 Å². The maximum atomic E-state index is 13.3. The fraction of sp³-hybridized carbons (Fsp3) is 0.773. The van der Waals surface area contributed by atoms with Crippen molar-refractivity contribution in [1.82, 2.24) is 0 Å². The van der Waals surface area contributed by atoms with Crippen molar-refractivity contribution in [2.24, 2.45) is 11.3 Å². The topological polar surface area (TPSA) is 44.8 Å². The molecule has 0 N–H and O–H groups in total. The second-order valence-corrected chi connectivity index (χ2v) is 15.2. The van der Waals surface area contributed by atoms with Gasteiger partial charge in [-0.15, -0.1) is 0 Å². The van der Waals surface area contributed by atoms with Gasteiger partial charge in [0, 0.05) is 5.92 Å². The molecule has 4 nitrogen and oxygen atoms in total. The van der Waals surface area contributed by atoms with E-state index >= 15 is 0 Å². The fourth-order valence-electron chi connectivity index (χ4n) is 4.73. The number of hydrogen-bond donors (Lipinski definition) is 0. The number of hydrogen-bond acceptors (Lipinski definition) is 4. The maximum absolute atomic E-state index is 13.3. The number of fused-ring (bicyclic) bond motifs is 3. The number of rotatable bonds is 2. The van der Waals surface area contributed by atoms with Gasteiger partial charge < -0.3 is 13.9 Å². The Hall–Kier alpha value is -0.753. The largest absolute Gasteiger partial charge is 0.403 e. The summed E-state index contributed by atoms with van der Waals surface area (Å²) in [4.78, 5) is 13.3. The molecule has 0 saturated carbocycles. The minimum atomic E-state index is -2.11. The number of ketones is 1. The Morgan fingerprint density at radius 3 is 2.33 bits per heavy atom. The first-order valence-corrected chi connectivity index (χ1v) is 13.1. The van der Waals surface area contributed by atoms with E-state index in [1.54, 1.807) is 6.08 Å². The number of ether oxygens (including phenoxy) is 2. The summed E-state index contributed by atoms with van der Waals surface area (Å²) in [5, 5.41) is 0.0466. The van der Waals surface area contributed by atoms with Gasteiger partial charge in [-0.05, 0) is 61.0 Å². The van der Waals surface area contributed by atoms with Crippen LogP contribution in [-0.2, 0) is 18.7 Å². The molecule has 2 bridgehead atoms. The van der Waals surface area contributed by atoms with Crippen LogP contribution in [0, 0.1) is 11.3 Å². The van der Waals surface area contributed by atoms with E-state index in [2.05, 4.69) is 54.6 Å². The van der Waals surface area contributed by atoms with Crippen molar-refractivity contribution in [3.05, 3.63) is 23.3 Å². The van der Waals surface area contributed by atoms with Gasteiger partial charge >= 0.3 is 0 Å². The predicted molar refractivity (Wildman–Crippen MR) is 110 cm³/mol. The number of carbonyl (C=O) groups is 1. The molecule has 1 fully saturated rings. The van der Waals surface area contributed by atoms with E-state index in [1.165, 1.54) is 5.57 Å². The van der Waals surface area contributed by atoms with Crippen LogP contribution in [0.4, 0.5) is 0 Å². The third kappa shape index (κ3) is 3.41. The summed E-state index contributed by atoms with van der Waals surface area (Å²) in [6.45, 7) is 18.9. The van der Waals surface area contributed by atoms with Crippen molar-refractivity contribution >= 4 is 14.1 Å². The molecular formula is C22H36O4Si. The van der Waals surface area contributed by atoms with Gasteiger partial charge in [0.2, 0.25) is 0 Å². The third-order valence-electron chi connectivity index (χ3n) is 7.28. The summed E-state index contributed by atoms with van der Waals surface area (Å²) in [5.41, 5.74) is 2.20. The third-order valence-corrected chi connectivity index (χ3v) is 11.7. The Morgan fingerprint density at radius 1 is 1.19 bits per heavy atom. The maximum Gasteiger partial charge on any atom is 0.193 e. The molecule has 1 unspecified atom stereocenters. The fourth-order valence-corrected chi connectivity index (χ4v) is 5.91. The molecule has 0 radical (unpaired) electrons. The molecule has 1 aliphatic heterocycles. The van der Waals surface area contributed by atoms with Gasteiger partial charge in [-0.3, -0.25) is 4.79 Å². The highest BCUT2D eigenvalue weighted by Crippen LogP contribution is 2.55. The molecule has 2 aliphatic carbocycles. The van der Waals surface area contributed by atoms with Crippen molar-refractivity contribution in [1.29, 1.82) is 0 Å². The van der Waals surface area contributed by atoms with Crippen LogP contribution in [0.2, 0.25) is 18.1 Å². The molecule has 27 heavy (non-hydrogen) atoms. The first kappa shape index (κ1) is 21.0. The lowest BCUT2D eigenvalue weighted by Gasteiger charge is -2.51. The molecule has 0 aromatic heterocycles. The predicted octanol–water partition coefficient (Wildman–Crippen LogP) is 5.01. The first-order valence-electron chi connectivity index (χ1n) is 10.2. The van der Waals surface area contributed by atoms with Crippen molar-refractivity contribution in [3.8, 4) is 0 Å². The second-order valence-electron chi connectivity index (χ2n) is 10.4. The van der Waals surface area contributed by atoms with Crippen LogP contribution in [0.5, 0.6) is 0 Å². The van der Waals surface area contributed by atoms with Crippen molar-refractivity contribution < 1.29 is 18.7 Å². The van der Waals surface area contributed by atoms with Crippen LogP contribution >= 0.6 is 0 Å². The van der Waals surface area contributed by atoms with E-state index in [1.807, 2.05) is 6.08 Å². The van der Waals surface area contributed by atoms with E-state index in [-0.39, 0.29) is 22.2 Å². The lowest BCUT2D eigenvalue weighted by Crippen LogP contribution is -2.54. The summed E-state index contributed by atoms with van der Waals surface area (Å²) < 4.78 is 18.9. The van der Waals surface area contributed by atoms with E-state index in [9.17, 15) is 4.79 Å². The summed E-state index contributed by atoms with van der Waals surface area (Å²) >= 11 is 0. The van der Waals surface area contributed by atoms with Crippen LogP contribution in [0.3, 0.4) is 0 Å². The molecule has 1 saturated heterocycles.